The van der Waals surface area contributed by atoms with Crippen molar-refractivity contribution in [3.05, 3.63) is 34.1 Å². The molecule has 19 heavy (non-hydrogen) atoms. The second-order valence-electron chi connectivity index (χ2n) is 5.72. The molecule has 0 aromatic heterocycles. The fourth-order valence-corrected chi connectivity index (χ4v) is 3.37. The summed E-state index contributed by atoms with van der Waals surface area (Å²) in [7, 11) is 0. The van der Waals surface area contributed by atoms with Crippen LogP contribution >= 0.6 is 15.9 Å². The van der Waals surface area contributed by atoms with Crippen molar-refractivity contribution < 1.29 is 4.39 Å². The molecule has 1 aliphatic rings. The van der Waals surface area contributed by atoms with Gasteiger partial charge in [0.15, 0.2) is 0 Å². The van der Waals surface area contributed by atoms with Gasteiger partial charge >= 0.3 is 0 Å². The molecule has 1 saturated heterocycles. The van der Waals surface area contributed by atoms with Crippen LogP contribution in [-0.2, 0) is 6.54 Å². The lowest BCUT2D eigenvalue weighted by Crippen LogP contribution is -2.39. The molecule has 1 aromatic rings. The average Bonchev–Trinajstić information content (AvgIpc) is 2.43. The molecule has 106 valence electrons. The molecule has 1 aliphatic heterocycles. The number of hydrogen-bond donors (Lipinski definition) is 0. The zero-order valence-corrected chi connectivity index (χ0v) is 13.5. The van der Waals surface area contributed by atoms with E-state index in [1.54, 1.807) is 6.07 Å². The summed E-state index contributed by atoms with van der Waals surface area (Å²) >= 11 is 3.30. The number of likely N-dealkylation sites (tertiary alicyclic amines) is 1. The first-order chi connectivity index (χ1) is 9.08. The quantitative estimate of drug-likeness (QED) is 0.752. The zero-order chi connectivity index (χ0) is 13.9. The normalized spacial score (nSPS) is 19.6. The van der Waals surface area contributed by atoms with E-state index in [9.17, 15) is 4.39 Å². The summed E-state index contributed by atoms with van der Waals surface area (Å²) in [6, 6.07) is 5.37. The van der Waals surface area contributed by atoms with E-state index in [4.69, 9.17) is 0 Å². The minimum absolute atomic E-state index is 0.0998. The molecule has 1 aromatic carbocycles. The Kier molecular flexibility index (Phi) is 5.02. The van der Waals surface area contributed by atoms with Gasteiger partial charge < -0.3 is 0 Å². The van der Waals surface area contributed by atoms with Crippen LogP contribution in [0, 0.1) is 11.2 Å². The maximum Gasteiger partial charge on any atom is 0.128 e. The van der Waals surface area contributed by atoms with Crippen molar-refractivity contribution >= 4 is 15.9 Å². The molecule has 0 unspecified atom stereocenters. The summed E-state index contributed by atoms with van der Waals surface area (Å²) in [5.74, 6) is -0.0998. The summed E-state index contributed by atoms with van der Waals surface area (Å²) in [5.41, 5.74) is 1.35. The van der Waals surface area contributed by atoms with E-state index < -0.39 is 0 Å². The van der Waals surface area contributed by atoms with Gasteiger partial charge in [-0.15, -0.1) is 0 Å². The molecule has 2 rings (SSSR count). The van der Waals surface area contributed by atoms with Crippen molar-refractivity contribution in [2.24, 2.45) is 5.41 Å². The topological polar surface area (TPSA) is 3.24 Å². The highest BCUT2D eigenvalue weighted by molar-refractivity contribution is 9.10. The number of halogens is 2. The molecule has 3 heteroatoms. The maximum atomic E-state index is 13.8. The van der Waals surface area contributed by atoms with Crippen LogP contribution in [0.25, 0.3) is 0 Å². The van der Waals surface area contributed by atoms with Gasteiger partial charge in [-0.1, -0.05) is 48.7 Å². The lowest BCUT2D eigenvalue weighted by Gasteiger charge is -2.41. The Hall–Kier alpha value is -0.410. The number of nitrogens with zero attached hydrogens (tertiary/aromatic N) is 1. The van der Waals surface area contributed by atoms with Gasteiger partial charge in [0, 0.05) is 16.6 Å². The van der Waals surface area contributed by atoms with Crippen LogP contribution in [0.15, 0.2) is 22.7 Å². The number of hydrogen-bond acceptors (Lipinski definition) is 1. The fourth-order valence-electron chi connectivity index (χ4n) is 3.03. The van der Waals surface area contributed by atoms with Gasteiger partial charge in [0.2, 0.25) is 0 Å². The highest BCUT2D eigenvalue weighted by atomic mass is 79.9. The summed E-state index contributed by atoms with van der Waals surface area (Å²) in [6.07, 6.45) is 5.03. The van der Waals surface area contributed by atoms with Crippen LogP contribution in [0.5, 0.6) is 0 Å². The summed E-state index contributed by atoms with van der Waals surface area (Å²) < 4.78 is 14.6. The fraction of sp³-hybridized carbons (Fsp3) is 0.625. The molecule has 0 atom stereocenters. The number of piperidine rings is 1. The molecule has 0 bridgehead atoms. The van der Waals surface area contributed by atoms with E-state index in [1.807, 2.05) is 12.1 Å². The smallest absolute Gasteiger partial charge is 0.128 e. The van der Waals surface area contributed by atoms with Crippen molar-refractivity contribution in [1.29, 1.82) is 0 Å². The van der Waals surface area contributed by atoms with E-state index in [-0.39, 0.29) is 5.82 Å². The molecule has 0 amide bonds. The summed E-state index contributed by atoms with van der Waals surface area (Å²) in [6.45, 7) is 7.53. The Balaban J connectivity index is 1.95. The highest BCUT2D eigenvalue weighted by Crippen LogP contribution is 2.38. The third-order valence-corrected chi connectivity index (χ3v) is 5.32. The van der Waals surface area contributed by atoms with E-state index in [2.05, 4.69) is 34.7 Å². The first-order valence-electron chi connectivity index (χ1n) is 7.25. The molecule has 1 heterocycles. The van der Waals surface area contributed by atoms with E-state index in [0.29, 0.717) is 5.41 Å². The minimum Gasteiger partial charge on any atom is -0.299 e. The van der Waals surface area contributed by atoms with Crippen LogP contribution in [-0.4, -0.2) is 18.0 Å². The van der Waals surface area contributed by atoms with Crippen molar-refractivity contribution in [3.8, 4) is 0 Å². The largest absolute Gasteiger partial charge is 0.299 e. The third-order valence-electron chi connectivity index (χ3n) is 4.83. The Bertz CT molecular complexity index is 419. The summed E-state index contributed by atoms with van der Waals surface area (Å²) in [5, 5.41) is 0. The first kappa shape index (κ1) is 15.0. The number of rotatable bonds is 4. The van der Waals surface area contributed by atoms with Crippen LogP contribution in [0.2, 0.25) is 0 Å². The maximum absolute atomic E-state index is 13.8. The van der Waals surface area contributed by atoms with Gasteiger partial charge in [0.1, 0.15) is 5.82 Å². The molecule has 1 nitrogen and oxygen atoms in total. The van der Waals surface area contributed by atoms with Gasteiger partial charge in [-0.25, -0.2) is 4.39 Å². The second-order valence-corrected chi connectivity index (χ2v) is 6.63. The first-order valence-corrected chi connectivity index (χ1v) is 8.04. The predicted molar refractivity (Wildman–Crippen MR) is 81.6 cm³/mol. The van der Waals surface area contributed by atoms with Gasteiger partial charge in [0.05, 0.1) is 0 Å². The minimum atomic E-state index is -0.0998. The molecule has 0 spiro atoms. The van der Waals surface area contributed by atoms with Crippen LogP contribution in [0.3, 0.4) is 0 Å². The van der Waals surface area contributed by atoms with E-state index >= 15 is 0 Å². The molecule has 0 aliphatic carbocycles. The van der Waals surface area contributed by atoms with Crippen LogP contribution in [0.1, 0.15) is 45.1 Å². The van der Waals surface area contributed by atoms with Gasteiger partial charge in [0.25, 0.3) is 0 Å². The zero-order valence-electron chi connectivity index (χ0n) is 11.9. The Morgan fingerprint density at radius 2 is 1.84 bits per heavy atom. The van der Waals surface area contributed by atoms with Gasteiger partial charge in [-0.05, 0) is 43.5 Å². The average molecular weight is 328 g/mol. The van der Waals surface area contributed by atoms with Gasteiger partial charge in [-0.3, -0.25) is 4.90 Å². The predicted octanol–water partition coefficient (Wildman–Crippen LogP) is 4.99. The van der Waals surface area contributed by atoms with E-state index in [0.717, 1.165) is 29.7 Å². The van der Waals surface area contributed by atoms with E-state index in [1.165, 1.54) is 25.7 Å². The van der Waals surface area contributed by atoms with Crippen molar-refractivity contribution in [2.75, 3.05) is 13.1 Å². The monoisotopic (exact) mass is 327 g/mol. The lowest BCUT2D eigenvalue weighted by atomic mass is 9.74. The molecule has 0 N–H and O–H groups in total. The van der Waals surface area contributed by atoms with Crippen LogP contribution < -0.4 is 0 Å². The van der Waals surface area contributed by atoms with Crippen molar-refractivity contribution in [1.82, 2.24) is 4.90 Å². The Morgan fingerprint density at radius 1 is 1.21 bits per heavy atom. The van der Waals surface area contributed by atoms with Gasteiger partial charge in [-0.2, -0.15) is 0 Å². The Morgan fingerprint density at radius 3 is 2.37 bits per heavy atom. The second kappa shape index (κ2) is 6.36. The summed E-state index contributed by atoms with van der Waals surface area (Å²) in [4.78, 5) is 2.38. The molecular weight excluding hydrogens is 305 g/mol. The molecule has 0 radical (unpaired) electrons. The molecular formula is C16H23BrFN. The molecule has 0 saturated carbocycles. The van der Waals surface area contributed by atoms with Crippen molar-refractivity contribution in [3.63, 3.8) is 0 Å². The number of benzene rings is 1. The SMILES string of the molecule is CCC1(CC)CCN(Cc2ccc(Br)cc2F)CC1. The van der Waals surface area contributed by atoms with Crippen molar-refractivity contribution in [2.45, 2.75) is 46.1 Å². The highest BCUT2D eigenvalue weighted by Gasteiger charge is 2.31. The van der Waals surface area contributed by atoms with Crippen LogP contribution in [0.4, 0.5) is 4.39 Å². The molecule has 1 fully saturated rings. The lowest BCUT2D eigenvalue weighted by molar-refractivity contribution is 0.0902. The third kappa shape index (κ3) is 3.57. The standard InChI is InChI=1S/C16H23BrFN/c1-3-16(4-2)7-9-19(10-8-16)12-13-5-6-14(17)11-15(13)18/h5-6,11H,3-4,7-10,12H2,1-2H3. The Labute approximate surface area is 124 Å².